The SMILES string of the molecule is CSCC[C@H](NC(=O)/C(=C\c1cccs1)NC(=O)c1ccccc1)C(=O)[O-]. The van der Waals surface area contributed by atoms with E-state index in [9.17, 15) is 19.5 Å². The van der Waals surface area contributed by atoms with Crippen molar-refractivity contribution in [1.29, 1.82) is 0 Å². The predicted molar refractivity (Wildman–Crippen MR) is 106 cm³/mol. The van der Waals surface area contributed by atoms with Crippen LogP contribution in [0.2, 0.25) is 0 Å². The van der Waals surface area contributed by atoms with Gasteiger partial charge in [0.25, 0.3) is 11.8 Å². The summed E-state index contributed by atoms with van der Waals surface area (Å²) in [4.78, 5) is 37.1. The molecule has 0 fully saturated rings. The largest absolute Gasteiger partial charge is 0.548 e. The minimum atomic E-state index is -1.36. The van der Waals surface area contributed by atoms with Gasteiger partial charge in [-0.3, -0.25) is 9.59 Å². The number of rotatable bonds is 9. The summed E-state index contributed by atoms with van der Waals surface area (Å²) in [5.41, 5.74) is 0.364. The van der Waals surface area contributed by atoms with E-state index in [1.165, 1.54) is 29.2 Å². The molecule has 2 amide bonds. The van der Waals surface area contributed by atoms with Crippen molar-refractivity contribution >= 4 is 47.0 Å². The van der Waals surface area contributed by atoms with E-state index in [0.717, 1.165) is 4.88 Å². The lowest BCUT2D eigenvalue weighted by molar-refractivity contribution is -0.308. The smallest absolute Gasteiger partial charge is 0.268 e. The van der Waals surface area contributed by atoms with E-state index in [-0.39, 0.29) is 12.1 Å². The molecule has 27 heavy (non-hydrogen) atoms. The van der Waals surface area contributed by atoms with Crippen LogP contribution in [0.4, 0.5) is 0 Å². The van der Waals surface area contributed by atoms with Crippen LogP contribution >= 0.6 is 23.1 Å². The lowest BCUT2D eigenvalue weighted by atomic mass is 10.2. The van der Waals surface area contributed by atoms with Gasteiger partial charge in [-0.1, -0.05) is 24.3 Å². The summed E-state index contributed by atoms with van der Waals surface area (Å²) in [5, 5.41) is 18.1. The first-order valence-electron chi connectivity index (χ1n) is 8.13. The molecule has 1 heterocycles. The molecule has 0 aliphatic rings. The van der Waals surface area contributed by atoms with E-state index in [2.05, 4.69) is 10.6 Å². The molecule has 0 unspecified atom stereocenters. The standard InChI is InChI=1S/C19H20N2O4S2/c1-26-11-9-15(19(24)25)20-18(23)16(12-14-8-5-10-27-14)21-17(22)13-6-3-2-4-7-13/h2-8,10,12,15H,9,11H2,1H3,(H,20,23)(H,21,22)(H,24,25)/p-1/b16-12+/t15-/m0/s1. The third-order valence-electron chi connectivity index (χ3n) is 3.56. The average Bonchev–Trinajstić information content (AvgIpc) is 3.18. The van der Waals surface area contributed by atoms with Crippen LogP contribution in [0.3, 0.4) is 0 Å². The first-order valence-corrected chi connectivity index (χ1v) is 10.4. The van der Waals surface area contributed by atoms with E-state index in [4.69, 9.17) is 0 Å². The first-order chi connectivity index (χ1) is 13.0. The van der Waals surface area contributed by atoms with Crippen molar-refractivity contribution in [2.75, 3.05) is 12.0 Å². The maximum Gasteiger partial charge on any atom is 0.268 e. The highest BCUT2D eigenvalue weighted by molar-refractivity contribution is 7.98. The number of thioether (sulfide) groups is 1. The lowest BCUT2D eigenvalue weighted by Crippen LogP contribution is -2.50. The third-order valence-corrected chi connectivity index (χ3v) is 5.02. The Labute approximate surface area is 165 Å². The van der Waals surface area contributed by atoms with E-state index >= 15 is 0 Å². The summed E-state index contributed by atoms with van der Waals surface area (Å²) in [7, 11) is 0. The van der Waals surface area contributed by atoms with Gasteiger partial charge in [-0.05, 0) is 48.1 Å². The molecule has 0 bridgehead atoms. The fourth-order valence-corrected chi connectivity index (χ4v) is 3.31. The second kappa shape index (κ2) is 10.5. The van der Waals surface area contributed by atoms with Crippen molar-refractivity contribution in [3.63, 3.8) is 0 Å². The van der Waals surface area contributed by atoms with Crippen molar-refractivity contribution in [3.05, 3.63) is 64.0 Å². The summed E-state index contributed by atoms with van der Waals surface area (Å²) < 4.78 is 0. The zero-order chi connectivity index (χ0) is 19.6. The van der Waals surface area contributed by atoms with Gasteiger partial charge in [-0.2, -0.15) is 11.8 Å². The van der Waals surface area contributed by atoms with Gasteiger partial charge in [0.1, 0.15) is 5.70 Å². The number of carboxylic acids is 1. The number of aliphatic carboxylic acids is 1. The van der Waals surface area contributed by atoms with Crippen LogP contribution in [0.15, 0.2) is 53.5 Å². The van der Waals surface area contributed by atoms with E-state index < -0.39 is 23.8 Å². The third kappa shape index (κ3) is 6.58. The molecule has 2 rings (SSSR count). The van der Waals surface area contributed by atoms with E-state index in [1.54, 1.807) is 36.4 Å². The van der Waals surface area contributed by atoms with Crippen LogP contribution in [-0.2, 0) is 9.59 Å². The normalized spacial score (nSPS) is 12.3. The minimum absolute atomic E-state index is 0.0262. The number of carboxylic acid groups (broad SMARTS) is 1. The molecule has 0 aliphatic heterocycles. The Hall–Kier alpha value is -2.58. The summed E-state index contributed by atoms with van der Waals surface area (Å²) in [6.45, 7) is 0. The topological polar surface area (TPSA) is 98.3 Å². The van der Waals surface area contributed by atoms with Gasteiger partial charge in [0.05, 0.1) is 12.0 Å². The first kappa shape index (κ1) is 20.7. The molecule has 0 spiro atoms. The molecule has 0 saturated carbocycles. The number of amides is 2. The van der Waals surface area contributed by atoms with Gasteiger partial charge < -0.3 is 20.5 Å². The summed E-state index contributed by atoms with van der Waals surface area (Å²) >= 11 is 2.86. The van der Waals surface area contributed by atoms with Crippen LogP contribution < -0.4 is 15.7 Å². The number of hydrogen-bond donors (Lipinski definition) is 2. The Morgan fingerprint density at radius 3 is 2.52 bits per heavy atom. The molecule has 8 heteroatoms. The van der Waals surface area contributed by atoms with Crippen LogP contribution in [0.25, 0.3) is 6.08 Å². The fraction of sp³-hybridized carbons (Fsp3) is 0.211. The average molecular weight is 404 g/mol. The zero-order valence-corrected chi connectivity index (χ0v) is 16.3. The number of thiophene rings is 1. The van der Waals surface area contributed by atoms with Crippen LogP contribution in [0, 0.1) is 0 Å². The molecule has 0 saturated heterocycles. The van der Waals surface area contributed by atoms with Gasteiger partial charge >= 0.3 is 0 Å². The molecule has 1 aromatic heterocycles. The summed E-state index contributed by atoms with van der Waals surface area (Å²) in [6, 6.07) is 10.9. The van der Waals surface area contributed by atoms with Crippen molar-refractivity contribution in [2.24, 2.45) is 0 Å². The van der Waals surface area contributed by atoms with Crippen LogP contribution in [-0.4, -0.2) is 35.8 Å². The number of carbonyl (C=O) groups excluding carboxylic acids is 3. The fourth-order valence-electron chi connectivity index (χ4n) is 2.18. The van der Waals surface area contributed by atoms with Gasteiger partial charge in [0.15, 0.2) is 0 Å². The Morgan fingerprint density at radius 1 is 1.19 bits per heavy atom. The highest BCUT2D eigenvalue weighted by Gasteiger charge is 2.19. The second-order valence-corrected chi connectivity index (χ2v) is 7.49. The highest BCUT2D eigenvalue weighted by Crippen LogP contribution is 2.13. The Morgan fingerprint density at radius 2 is 1.93 bits per heavy atom. The Balaban J connectivity index is 2.20. The van der Waals surface area contributed by atoms with Crippen molar-refractivity contribution in [2.45, 2.75) is 12.5 Å². The van der Waals surface area contributed by atoms with Gasteiger partial charge in [0, 0.05) is 10.4 Å². The van der Waals surface area contributed by atoms with Gasteiger partial charge in [-0.25, -0.2) is 0 Å². The number of hydrogen-bond acceptors (Lipinski definition) is 6. The molecule has 6 nitrogen and oxygen atoms in total. The molecule has 2 N–H and O–H groups in total. The lowest BCUT2D eigenvalue weighted by Gasteiger charge is -2.20. The molecular weight excluding hydrogens is 384 g/mol. The number of carbonyl (C=O) groups is 3. The Kier molecular flexibility index (Phi) is 8.09. The summed E-state index contributed by atoms with van der Waals surface area (Å²) in [6.07, 6.45) is 3.59. The zero-order valence-electron chi connectivity index (χ0n) is 14.6. The summed E-state index contributed by atoms with van der Waals surface area (Å²) in [5.74, 6) is -1.94. The maximum atomic E-state index is 12.6. The molecule has 1 aromatic carbocycles. The van der Waals surface area contributed by atoms with E-state index in [1.807, 2.05) is 17.7 Å². The van der Waals surface area contributed by atoms with Crippen molar-refractivity contribution < 1.29 is 19.5 Å². The van der Waals surface area contributed by atoms with Crippen molar-refractivity contribution in [1.82, 2.24) is 10.6 Å². The molecule has 0 aliphatic carbocycles. The molecule has 2 aromatic rings. The molecule has 1 atom stereocenters. The molecular formula is C19H19N2O4S2-. The van der Waals surface area contributed by atoms with Crippen molar-refractivity contribution in [3.8, 4) is 0 Å². The van der Waals surface area contributed by atoms with Crippen LogP contribution in [0.1, 0.15) is 21.7 Å². The van der Waals surface area contributed by atoms with Crippen LogP contribution in [0.5, 0.6) is 0 Å². The predicted octanol–water partition coefficient (Wildman–Crippen LogP) is 1.51. The highest BCUT2D eigenvalue weighted by atomic mass is 32.2. The van der Waals surface area contributed by atoms with E-state index in [0.29, 0.717) is 11.3 Å². The number of benzene rings is 1. The van der Waals surface area contributed by atoms with Gasteiger partial charge in [-0.15, -0.1) is 11.3 Å². The second-order valence-electron chi connectivity index (χ2n) is 5.52. The maximum absolute atomic E-state index is 12.6. The molecule has 142 valence electrons. The number of nitrogens with one attached hydrogen (secondary N) is 2. The molecule has 0 radical (unpaired) electrons. The monoisotopic (exact) mass is 403 g/mol. The van der Waals surface area contributed by atoms with Gasteiger partial charge in [0.2, 0.25) is 0 Å². The Bertz CT molecular complexity index is 804. The minimum Gasteiger partial charge on any atom is -0.548 e. The quantitative estimate of drug-likeness (QED) is 0.619.